The molecule has 2 aromatic rings. The SMILES string of the molecule is COC(=O)c1cccc(CN2C(=O)C(C)Sc3ccccc32)c1. The number of benzene rings is 2. The lowest BCUT2D eigenvalue weighted by Crippen LogP contribution is -2.39. The quantitative estimate of drug-likeness (QED) is 0.810. The van der Waals surface area contributed by atoms with Crippen molar-refractivity contribution in [2.75, 3.05) is 12.0 Å². The predicted octanol–water partition coefficient (Wildman–Crippen LogP) is 3.50. The minimum atomic E-state index is -0.374. The molecule has 1 aliphatic rings. The maximum atomic E-state index is 12.6. The van der Waals surface area contributed by atoms with E-state index >= 15 is 0 Å². The summed E-state index contributed by atoms with van der Waals surface area (Å²) in [5, 5.41) is -0.117. The molecule has 118 valence electrons. The fourth-order valence-electron chi connectivity index (χ4n) is 2.62. The Morgan fingerprint density at radius 1 is 1.22 bits per heavy atom. The molecule has 2 aromatic carbocycles. The topological polar surface area (TPSA) is 46.6 Å². The highest BCUT2D eigenvalue weighted by atomic mass is 32.2. The Bertz CT molecular complexity index is 759. The standard InChI is InChI=1S/C18H17NO3S/c1-12-17(20)19(15-8-3-4-9-16(15)23-12)11-13-6-5-7-14(10-13)18(21)22-2/h3-10,12H,11H2,1-2H3. The summed E-state index contributed by atoms with van der Waals surface area (Å²) in [6, 6.07) is 15.1. The molecule has 0 radical (unpaired) electrons. The number of hydrogen-bond donors (Lipinski definition) is 0. The van der Waals surface area contributed by atoms with Crippen LogP contribution in [0.4, 0.5) is 5.69 Å². The first-order valence-electron chi connectivity index (χ1n) is 7.34. The van der Waals surface area contributed by atoms with E-state index in [4.69, 9.17) is 4.74 Å². The molecular formula is C18H17NO3S. The van der Waals surface area contributed by atoms with Crippen molar-refractivity contribution in [2.24, 2.45) is 0 Å². The van der Waals surface area contributed by atoms with Crippen molar-refractivity contribution in [2.45, 2.75) is 23.6 Å². The van der Waals surface area contributed by atoms with Crippen molar-refractivity contribution >= 4 is 29.3 Å². The van der Waals surface area contributed by atoms with Crippen LogP contribution in [-0.2, 0) is 16.1 Å². The summed E-state index contributed by atoms with van der Waals surface area (Å²) in [5.74, 6) is -0.293. The van der Waals surface area contributed by atoms with E-state index in [0.29, 0.717) is 12.1 Å². The van der Waals surface area contributed by atoms with Crippen molar-refractivity contribution in [3.05, 3.63) is 59.7 Å². The summed E-state index contributed by atoms with van der Waals surface area (Å²) in [4.78, 5) is 27.1. The Morgan fingerprint density at radius 3 is 2.78 bits per heavy atom. The molecule has 3 rings (SSSR count). The molecule has 0 fully saturated rings. The van der Waals surface area contributed by atoms with Gasteiger partial charge in [-0.3, -0.25) is 4.79 Å². The highest BCUT2D eigenvalue weighted by Crippen LogP contribution is 2.39. The van der Waals surface area contributed by atoms with Crippen LogP contribution >= 0.6 is 11.8 Å². The molecule has 4 nitrogen and oxygen atoms in total. The zero-order valence-corrected chi connectivity index (χ0v) is 13.8. The van der Waals surface area contributed by atoms with Gasteiger partial charge in [0.1, 0.15) is 0 Å². The zero-order chi connectivity index (χ0) is 16.4. The van der Waals surface area contributed by atoms with E-state index in [1.807, 2.05) is 37.3 Å². The lowest BCUT2D eigenvalue weighted by molar-refractivity contribution is -0.118. The molecule has 1 unspecified atom stereocenters. The third kappa shape index (κ3) is 3.10. The van der Waals surface area contributed by atoms with Gasteiger partial charge in [-0.15, -0.1) is 11.8 Å². The molecule has 1 heterocycles. The number of methoxy groups -OCH3 is 1. The van der Waals surface area contributed by atoms with Crippen LogP contribution in [0.5, 0.6) is 0 Å². The second kappa shape index (κ2) is 6.46. The van der Waals surface area contributed by atoms with Crippen LogP contribution in [0.3, 0.4) is 0 Å². The van der Waals surface area contributed by atoms with Crippen LogP contribution in [0, 0.1) is 0 Å². The fraction of sp³-hybridized carbons (Fsp3) is 0.222. The molecule has 0 saturated carbocycles. The molecule has 0 N–H and O–H groups in total. The normalized spacial score (nSPS) is 16.9. The number of carbonyl (C=O) groups is 2. The lowest BCUT2D eigenvalue weighted by atomic mass is 10.1. The van der Waals surface area contributed by atoms with Crippen LogP contribution in [0.2, 0.25) is 0 Å². The number of anilines is 1. The second-order valence-corrected chi connectivity index (χ2v) is 6.73. The lowest BCUT2D eigenvalue weighted by Gasteiger charge is -2.32. The van der Waals surface area contributed by atoms with Gasteiger partial charge in [-0.25, -0.2) is 4.79 Å². The molecule has 1 aliphatic heterocycles. The van der Waals surface area contributed by atoms with E-state index in [9.17, 15) is 9.59 Å². The third-order valence-corrected chi connectivity index (χ3v) is 4.92. The summed E-state index contributed by atoms with van der Waals surface area (Å²) < 4.78 is 4.75. The van der Waals surface area contributed by atoms with Crippen LogP contribution < -0.4 is 4.90 Å². The van der Waals surface area contributed by atoms with Crippen molar-refractivity contribution in [1.82, 2.24) is 0 Å². The van der Waals surface area contributed by atoms with Gasteiger partial charge in [0.2, 0.25) is 5.91 Å². The molecule has 23 heavy (non-hydrogen) atoms. The van der Waals surface area contributed by atoms with E-state index in [-0.39, 0.29) is 17.1 Å². The van der Waals surface area contributed by atoms with Gasteiger partial charge in [-0.2, -0.15) is 0 Å². The first-order valence-corrected chi connectivity index (χ1v) is 8.22. The number of para-hydroxylation sites is 1. The minimum absolute atomic E-state index is 0.0807. The summed E-state index contributed by atoms with van der Waals surface area (Å²) in [5.41, 5.74) is 2.31. The monoisotopic (exact) mass is 327 g/mol. The van der Waals surface area contributed by atoms with E-state index < -0.39 is 0 Å². The first kappa shape index (κ1) is 15.6. The minimum Gasteiger partial charge on any atom is -0.465 e. The molecule has 1 amide bonds. The number of ether oxygens (including phenoxy) is 1. The molecule has 0 spiro atoms. The Morgan fingerprint density at radius 2 is 2.00 bits per heavy atom. The van der Waals surface area contributed by atoms with E-state index in [0.717, 1.165) is 16.1 Å². The van der Waals surface area contributed by atoms with E-state index in [1.165, 1.54) is 7.11 Å². The van der Waals surface area contributed by atoms with Gasteiger partial charge in [0, 0.05) is 4.90 Å². The van der Waals surface area contributed by atoms with Crippen molar-refractivity contribution < 1.29 is 14.3 Å². The molecular weight excluding hydrogens is 310 g/mol. The molecule has 0 saturated heterocycles. The van der Waals surface area contributed by atoms with Gasteiger partial charge < -0.3 is 9.64 Å². The van der Waals surface area contributed by atoms with Crippen molar-refractivity contribution in [1.29, 1.82) is 0 Å². The van der Waals surface area contributed by atoms with Gasteiger partial charge >= 0.3 is 5.97 Å². The van der Waals surface area contributed by atoms with Gasteiger partial charge in [0.15, 0.2) is 0 Å². The van der Waals surface area contributed by atoms with Crippen molar-refractivity contribution in [3.63, 3.8) is 0 Å². The first-order chi connectivity index (χ1) is 11.1. The van der Waals surface area contributed by atoms with Gasteiger partial charge in [-0.1, -0.05) is 24.3 Å². The summed E-state index contributed by atoms with van der Waals surface area (Å²) in [7, 11) is 1.36. The number of thioether (sulfide) groups is 1. The summed E-state index contributed by atoms with van der Waals surface area (Å²) >= 11 is 1.58. The maximum Gasteiger partial charge on any atom is 0.337 e. The molecule has 0 aromatic heterocycles. The predicted molar refractivity (Wildman–Crippen MR) is 90.7 cm³/mol. The average molecular weight is 327 g/mol. The Kier molecular flexibility index (Phi) is 4.39. The number of carbonyl (C=O) groups excluding carboxylic acids is 2. The summed E-state index contributed by atoms with van der Waals surface area (Å²) in [6.07, 6.45) is 0. The average Bonchev–Trinajstić information content (AvgIpc) is 2.58. The highest BCUT2D eigenvalue weighted by molar-refractivity contribution is 8.00. The number of fused-ring (bicyclic) bond motifs is 1. The van der Waals surface area contributed by atoms with Crippen LogP contribution in [0.15, 0.2) is 53.4 Å². The fourth-order valence-corrected chi connectivity index (χ4v) is 3.68. The number of nitrogens with zero attached hydrogens (tertiary/aromatic N) is 1. The number of amides is 1. The van der Waals surface area contributed by atoms with Crippen LogP contribution in [-0.4, -0.2) is 24.2 Å². The highest BCUT2D eigenvalue weighted by Gasteiger charge is 2.30. The molecule has 0 bridgehead atoms. The number of esters is 1. The number of hydrogen-bond acceptors (Lipinski definition) is 4. The Labute approximate surface area is 139 Å². The van der Waals surface area contributed by atoms with Crippen LogP contribution in [0.1, 0.15) is 22.8 Å². The Hall–Kier alpha value is -2.27. The van der Waals surface area contributed by atoms with Gasteiger partial charge in [-0.05, 0) is 36.8 Å². The van der Waals surface area contributed by atoms with E-state index in [1.54, 1.807) is 34.9 Å². The smallest absolute Gasteiger partial charge is 0.337 e. The van der Waals surface area contributed by atoms with Gasteiger partial charge in [0.05, 0.1) is 30.2 Å². The molecule has 0 aliphatic carbocycles. The van der Waals surface area contributed by atoms with Crippen molar-refractivity contribution in [3.8, 4) is 0 Å². The number of rotatable bonds is 3. The largest absolute Gasteiger partial charge is 0.465 e. The molecule has 5 heteroatoms. The molecule has 1 atom stereocenters. The van der Waals surface area contributed by atoms with Gasteiger partial charge in [0.25, 0.3) is 0 Å². The Balaban J connectivity index is 1.93. The maximum absolute atomic E-state index is 12.6. The van der Waals surface area contributed by atoms with E-state index in [2.05, 4.69) is 0 Å². The second-order valence-electron chi connectivity index (χ2n) is 5.34. The van der Waals surface area contributed by atoms with Crippen LogP contribution in [0.25, 0.3) is 0 Å². The zero-order valence-electron chi connectivity index (χ0n) is 13.0. The third-order valence-electron chi connectivity index (χ3n) is 3.76. The summed E-state index contributed by atoms with van der Waals surface area (Å²) in [6.45, 7) is 2.35.